The van der Waals surface area contributed by atoms with Crippen molar-refractivity contribution in [2.75, 3.05) is 17.7 Å². The minimum absolute atomic E-state index is 0.221. The Kier molecular flexibility index (Phi) is 4.31. The molecule has 1 aromatic carbocycles. The topological polar surface area (TPSA) is 83.9 Å². The van der Waals surface area contributed by atoms with Gasteiger partial charge in [-0.1, -0.05) is 12.1 Å². The van der Waals surface area contributed by atoms with Gasteiger partial charge in [0.15, 0.2) is 0 Å². The standard InChI is InChI=1S/C13H18N6O/c1-9(14-2)10-5-4-6-11(7-10)17-13(20)18-12-15-8-16-19(12)3/h4-9,14H,1-3H3,(H2,15,16,17,18,20). The zero-order chi connectivity index (χ0) is 14.5. The molecule has 1 unspecified atom stereocenters. The maximum atomic E-state index is 11.9. The van der Waals surface area contributed by atoms with Gasteiger partial charge in [-0.2, -0.15) is 10.1 Å². The first kappa shape index (κ1) is 14.0. The molecule has 0 aliphatic carbocycles. The molecular weight excluding hydrogens is 256 g/mol. The molecule has 106 valence electrons. The Hall–Kier alpha value is -2.41. The van der Waals surface area contributed by atoms with E-state index < -0.39 is 0 Å². The molecule has 0 spiro atoms. The van der Waals surface area contributed by atoms with Crippen LogP contribution in [-0.4, -0.2) is 27.8 Å². The minimum Gasteiger partial charge on any atom is -0.313 e. The SMILES string of the molecule is CNC(C)c1cccc(NC(=O)Nc2ncnn2C)c1. The molecule has 0 radical (unpaired) electrons. The molecule has 0 aliphatic heterocycles. The van der Waals surface area contributed by atoms with Crippen LogP contribution in [0.2, 0.25) is 0 Å². The van der Waals surface area contributed by atoms with Crippen molar-refractivity contribution < 1.29 is 4.79 Å². The van der Waals surface area contributed by atoms with Crippen LogP contribution in [0.25, 0.3) is 0 Å². The van der Waals surface area contributed by atoms with Crippen molar-refractivity contribution in [1.29, 1.82) is 0 Å². The van der Waals surface area contributed by atoms with E-state index in [1.165, 1.54) is 11.0 Å². The van der Waals surface area contributed by atoms with Crippen LogP contribution in [0.4, 0.5) is 16.4 Å². The Bertz CT molecular complexity index is 594. The second-order valence-electron chi connectivity index (χ2n) is 4.42. The summed E-state index contributed by atoms with van der Waals surface area (Å²) in [6.45, 7) is 2.05. The summed E-state index contributed by atoms with van der Waals surface area (Å²) in [5, 5.41) is 12.4. The average molecular weight is 274 g/mol. The monoisotopic (exact) mass is 274 g/mol. The molecule has 0 saturated carbocycles. The number of nitrogens with zero attached hydrogens (tertiary/aromatic N) is 3. The van der Waals surface area contributed by atoms with Crippen molar-refractivity contribution in [2.24, 2.45) is 7.05 Å². The summed E-state index contributed by atoms with van der Waals surface area (Å²) < 4.78 is 1.49. The third-order valence-corrected chi connectivity index (χ3v) is 3.01. The largest absolute Gasteiger partial charge is 0.326 e. The Balaban J connectivity index is 2.03. The van der Waals surface area contributed by atoms with E-state index in [-0.39, 0.29) is 12.1 Å². The first-order valence-electron chi connectivity index (χ1n) is 6.29. The van der Waals surface area contributed by atoms with Gasteiger partial charge in [-0.15, -0.1) is 0 Å². The van der Waals surface area contributed by atoms with E-state index in [9.17, 15) is 4.79 Å². The Labute approximate surface area is 117 Å². The number of hydrogen-bond acceptors (Lipinski definition) is 4. The molecule has 2 rings (SSSR count). The fraction of sp³-hybridized carbons (Fsp3) is 0.308. The van der Waals surface area contributed by atoms with Crippen molar-refractivity contribution in [2.45, 2.75) is 13.0 Å². The lowest BCUT2D eigenvalue weighted by Gasteiger charge is -2.12. The molecule has 20 heavy (non-hydrogen) atoms. The van der Waals surface area contributed by atoms with Gasteiger partial charge in [-0.25, -0.2) is 9.48 Å². The quantitative estimate of drug-likeness (QED) is 0.793. The molecule has 7 heteroatoms. The number of aryl methyl sites for hydroxylation is 1. The van der Waals surface area contributed by atoms with Gasteiger partial charge in [-0.05, 0) is 31.7 Å². The highest BCUT2D eigenvalue weighted by molar-refractivity contribution is 5.98. The van der Waals surface area contributed by atoms with Gasteiger partial charge in [0, 0.05) is 18.8 Å². The van der Waals surface area contributed by atoms with E-state index in [0.717, 1.165) is 11.3 Å². The average Bonchev–Trinajstić information content (AvgIpc) is 2.83. The van der Waals surface area contributed by atoms with E-state index in [1.54, 1.807) is 7.05 Å². The van der Waals surface area contributed by atoms with Crippen molar-refractivity contribution in [3.63, 3.8) is 0 Å². The molecule has 0 saturated heterocycles. The third kappa shape index (κ3) is 3.33. The summed E-state index contributed by atoms with van der Waals surface area (Å²) in [6, 6.07) is 7.54. The number of aromatic nitrogens is 3. The van der Waals surface area contributed by atoms with Gasteiger partial charge >= 0.3 is 6.03 Å². The van der Waals surface area contributed by atoms with Crippen LogP contribution in [0.5, 0.6) is 0 Å². The summed E-state index contributed by atoms with van der Waals surface area (Å²) in [6.07, 6.45) is 1.38. The summed E-state index contributed by atoms with van der Waals surface area (Å²) in [7, 11) is 3.60. The molecule has 1 atom stereocenters. The Morgan fingerprint density at radius 1 is 1.35 bits per heavy atom. The lowest BCUT2D eigenvalue weighted by atomic mass is 10.1. The molecular formula is C13H18N6O. The molecule has 7 nitrogen and oxygen atoms in total. The maximum absolute atomic E-state index is 11.9. The number of carbonyl (C=O) groups excluding carboxylic acids is 1. The van der Waals surface area contributed by atoms with Crippen molar-refractivity contribution >= 4 is 17.7 Å². The van der Waals surface area contributed by atoms with Crippen LogP contribution in [0.1, 0.15) is 18.5 Å². The number of carbonyl (C=O) groups is 1. The van der Waals surface area contributed by atoms with Crippen LogP contribution >= 0.6 is 0 Å². The number of benzene rings is 1. The van der Waals surface area contributed by atoms with Gasteiger partial charge in [0.05, 0.1) is 0 Å². The predicted octanol–water partition coefficient (Wildman–Crippen LogP) is 1.74. The van der Waals surface area contributed by atoms with Crippen LogP contribution in [0, 0.1) is 0 Å². The van der Waals surface area contributed by atoms with Crippen molar-refractivity contribution in [3.8, 4) is 0 Å². The van der Waals surface area contributed by atoms with Crippen molar-refractivity contribution in [3.05, 3.63) is 36.2 Å². The zero-order valence-corrected chi connectivity index (χ0v) is 11.7. The highest BCUT2D eigenvalue weighted by atomic mass is 16.2. The molecule has 0 aliphatic rings. The van der Waals surface area contributed by atoms with Crippen LogP contribution in [0.3, 0.4) is 0 Å². The highest BCUT2D eigenvalue weighted by Crippen LogP contribution is 2.17. The number of anilines is 2. The first-order chi connectivity index (χ1) is 9.60. The van der Waals surface area contributed by atoms with E-state index in [4.69, 9.17) is 0 Å². The van der Waals surface area contributed by atoms with Crippen LogP contribution < -0.4 is 16.0 Å². The van der Waals surface area contributed by atoms with E-state index in [1.807, 2.05) is 31.3 Å². The Morgan fingerprint density at radius 2 is 2.15 bits per heavy atom. The normalized spacial score (nSPS) is 11.9. The summed E-state index contributed by atoms with van der Waals surface area (Å²) in [5.41, 5.74) is 1.83. The van der Waals surface area contributed by atoms with Gasteiger partial charge in [0.1, 0.15) is 6.33 Å². The van der Waals surface area contributed by atoms with E-state index in [0.29, 0.717) is 5.95 Å². The molecule has 1 heterocycles. The number of amides is 2. The highest BCUT2D eigenvalue weighted by Gasteiger charge is 2.08. The molecule has 2 amide bonds. The summed E-state index contributed by atoms with van der Waals surface area (Å²) in [4.78, 5) is 15.8. The smallest absolute Gasteiger partial charge is 0.313 e. The number of rotatable bonds is 4. The molecule has 0 fully saturated rings. The number of hydrogen-bond donors (Lipinski definition) is 3. The van der Waals surface area contributed by atoms with Gasteiger partial charge in [0.2, 0.25) is 5.95 Å². The lowest BCUT2D eigenvalue weighted by Crippen LogP contribution is -2.22. The van der Waals surface area contributed by atoms with E-state index >= 15 is 0 Å². The third-order valence-electron chi connectivity index (χ3n) is 3.01. The molecule has 3 N–H and O–H groups in total. The van der Waals surface area contributed by atoms with Crippen molar-refractivity contribution in [1.82, 2.24) is 20.1 Å². The van der Waals surface area contributed by atoms with E-state index in [2.05, 4.69) is 33.0 Å². The fourth-order valence-corrected chi connectivity index (χ4v) is 1.73. The maximum Gasteiger partial charge on any atom is 0.326 e. The zero-order valence-electron chi connectivity index (χ0n) is 11.7. The predicted molar refractivity (Wildman–Crippen MR) is 77.6 cm³/mol. The lowest BCUT2D eigenvalue weighted by molar-refractivity contribution is 0.262. The second kappa shape index (κ2) is 6.16. The molecule has 2 aromatic rings. The summed E-state index contributed by atoms with van der Waals surface area (Å²) in [5.74, 6) is 0.391. The number of urea groups is 1. The van der Waals surface area contributed by atoms with Gasteiger partial charge in [0.25, 0.3) is 0 Å². The first-order valence-corrected chi connectivity index (χ1v) is 6.29. The second-order valence-corrected chi connectivity index (χ2v) is 4.42. The Morgan fingerprint density at radius 3 is 2.80 bits per heavy atom. The van der Waals surface area contributed by atoms with Gasteiger partial charge < -0.3 is 10.6 Å². The minimum atomic E-state index is -0.352. The molecule has 1 aromatic heterocycles. The van der Waals surface area contributed by atoms with Gasteiger partial charge in [-0.3, -0.25) is 5.32 Å². The summed E-state index contributed by atoms with van der Waals surface area (Å²) >= 11 is 0. The van der Waals surface area contributed by atoms with Crippen LogP contribution in [0.15, 0.2) is 30.6 Å². The fourth-order valence-electron chi connectivity index (χ4n) is 1.73. The number of nitrogens with one attached hydrogen (secondary N) is 3. The molecule has 0 bridgehead atoms. The van der Waals surface area contributed by atoms with Crippen LogP contribution in [-0.2, 0) is 7.05 Å².